The Hall–Kier alpha value is -0.760. The SMILES string of the molecule is COC1=CCCC=C1C(C)N1CCCCC1. The summed E-state index contributed by atoms with van der Waals surface area (Å²) in [5.74, 6) is 1.10. The van der Waals surface area contributed by atoms with Crippen molar-refractivity contribution in [2.45, 2.75) is 45.1 Å². The lowest BCUT2D eigenvalue weighted by atomic mass is 9.96. The van der Waals surface area contributed by atoms with Gasteiger partial charge in [-0.3, -0.25) is 4.90 Å². The average molecular weight is 221 g/mol. The van der Waals surface area contributed by atoms with Gasteiger partial charge < -0.3 is 4.74 Å². The molecule has 2 heteroatoms. The molecule has 1 unspecified atom stereocenters. The van der Waals surface area contributed by atoms with E-state index in [4.69, 9.17) is 4.74 Å². The van der Waals surface area contributed by atoms with Crippen molar-refractivity contribution in [2.75, 3.05) is 20.2 Å². The summed E-state index contributed by atoms with van der Waals surface area (Å²) in [7, 11) is 1.79. The summed E-state index contributed by atoms with van der Waals surface area (Å²) >= 11 is 0. The van der Waals surface area contributed by atoms with Crippen LogP contribution in [-0.2, 0) is 4.74 Å². The molecule has 2 nitrogen and oxygen atoms in total. The molecule has 0 N–H and O–H groups in total. The van der Waals surface area contributed by atoms with Gasteiger partial charge in [-0.1, -0.05) is 12.5 Å². The predicted molar refractivity (Wildman–Crippen MR) is 67.3 cm³/mol. The van der Waals surface area contributed by atoms with Gasteiger partial charge in [-0.25, -0.2) is 0 Å². The molecule has 0 aromatic carbocycles. The Bertz CT molecular complexity index is 287. The lowest BCUT2D eigenvalue weighted by molar-refractivity contribution is 0.184. The van der Waals surface area contributed by atoms with Crippen LogP contribution >= 0.6 is 0 Å². The van der Waals surface area contributed by atoms with E-state index in [1.165, 1.54) is 44.3 Å². The highest BCUT2D eigenvalue weighted by atomic mass is 16.5. The van der Waals surface area contributed by atoms with Gasteiger partial charge in [0.1, 0.15) is 5.76 Å². The van der Waals surface area contributed by atoms with Gasteiger partial charge in [-0.05, 0) is 51.8 Å². The zero-order valence-electron chi connectivity index (χ0n) is 10.5. The molecule has 1 saturated heterocycles. The molecule has 1 atom stereocenters. The van der Waals surface area contributed by atoms with Crippen molar-refractivity contribution in [1.29, 1.82) is 0 Å². The summed E-state index contributed by atoms with van der Waals surface area (Å²) in [6.45, 7) is 4.81. The summed E-state index contributed by atoms with van der Waals surface area (Å²) in [6, 6.07) is 0.520. The Balaban J connectivity index is 2.04. The zero-order valence-corrected chi connectivity index (χ0v) is 10.5. The van der Waals surface area contributed by atoms with Crippen molar-refractivity contribution >= 4 is 0 Å². The van der Waals surface area contributed by atoms with Gasteiger partial charge in [0.25, 0.3) is 0 Å². The molecule has 1 fully saturated rings. The Morgan fingerprint density at radius 3 is 2.50 bits per heavy atom. The van der Waals surface area contributed by atoms with Gasteiger partial charge in [-0.15, -0.1) is 0 Å². The molecule has 0 aromatic rings. The van der Waals surface area contributed by atoms with E-state index in [0.717, 1.165) is 12.2 Å². The average Bonchev–Trinajstić information content (AvgIpc) is 2.39. The molecule has 2 rings (SSSR count). The monoisotopic (exact) mass is 221 g/mol. The van der Waals surface area contributed by atoms with E-state index in [1.54, 1.807) is 7.11 Å². The molecule has 0 saturated carbocycles. The van der Waals surface area contributed by atoms with E-state index in [0.29, 0.717) is 6.04 Å². The van der Waals surface area contributed by atoms with Crippen molar-refractivity contribution < 1.29 is 4.74 Å². The molecule has 0 bridgehead atoms. The number of ether oxygens (including phenoxy) is 1. The van der Waals surface area contributed by atoms with E-state index in [-0.39, 0.29) is 0 Å². The van der Waals surface area contributed by atoms with Crippen LogP contribution in [0.4, 0.5) is 0 Å². The number of allylic oxidation sites excluding steroid dienone is 2. The summed E-state index contributed by atoms with van der Waals surface area (Å²) in [6.07, 6.45) is 11.0. The molecular formula is C14H23NO. The van der Waals surface area contributed by atoms with Crippen molar-refractivity contribution in [1.82, 2.24) is 4.90 Å². The van der Waals surface area contributed by atoms with E-state index in [2.05, 4.69) is 24.0 Å². The van der Waals surface area contributed by atoms with E-state index in [9.17, 15) is 0 Å². The summed E-state index contributed by atoms with van der Waals surface area (Å²) in [4.78, 5) is 2.59. The van der Waals surface area contributed by atoms with E-state index in [1.807, 2.05) is 0 Å². The number of nitrogens with zero attached hydrogens (tertiary/aromatic N) is 1. The van der Waals surface area contributed by atoms with Crippen LogP contribution in [0.25, 0.3) is 0 Å². The minimum atomic E-state index is 0.520. The van der Waals surface area contributed by atoms with Crippen LogP contribution in [0.3, 0.4) is 0 Å². The summed E-state index contributed by atoms with van der Waals surface area (Å²) < 4.78 is 5.48. The highest BCUT2D eigenvalue weighted by molar-refractivity contribution is 5.33. The smallest absolute Gasteiger partial charge is 0.119 e. The van der Waals surface area contributed by atoms with Gasteiger partial charge in [0.2, 0.25) is 0 Å². The quantitative estimate of drug-likeness (QED) is 0.726. The number of piperidine rings is 1. The first-order valence-electron chi connectivity index (χ1n) is 6.51. The van der Waals surface area contributed by atoms with Crippen LogP contribution in [0.1, 0.15) is 39.0 Å². The maximum absolute atomic E-state index is 5.48. The second-order valence-electron chi connectivity index (χ2n) is 4.78. The Morgan fingerprint density at radius 1 is 1.12 bits per heavy atom. The Labute approximate surface area is 99.0 Å². The summed E-state index contributed by atoms with van der Waals surface area (Å²) in [5, 5.41) is 0. The number of likely N-dealkylation sites (tertiary alicyclic amines) is 1. The molecule has 90 valence electrons. The maximum atomic E-state index is 5.48. The van der Waals surface area contributed by atoms with Crippen LogP contribution < -0.4 is 0 Å². The van der Waals surface area contributed by atoms with E-state index < -0.39 is 0 Å². The minimum absolute atomic E-state index is 0.520. The van der Waals surface area contributed by atoms with Crippen molar-refractivity contribution in [3.05, 3.63) is 23.5 Å². The molecule has 1 heterocycles. The fraction of sp³-hybridized carbons (Fsp3) is 0.714. The molecule has 0 amide bonds. The zero-order chi connectivity index (χ0) is 11.4. The third-order valence-electron chi connectivity index (χ3n) is 3.75. The second-order valence-corrected chi connectivity index (χ2v) is 4.78. The third-order valence-corrected chi connectivity index (χ3v) is 3.75. The number of methoxy groups -OCH3 is 1. The first-order valence-corrected chi connectivity index (χ1v) is 6.51. The van der Waals surface area contributed by atoms with E-state index >= 15 is 0 Å². The van der Waals surface area contributed by atoms with Crippen molar-refractivity contribution in [2.24, 2.45) is 0 Å². The first kappa shape index (κ1) is 11.7. The lowest BCUT2D eigenvalue weighted by Crippen LogP contribution is -2.39. The molecule has 0 spiro atoms. The van der Waals surface area contributed by atoms with Gasteiger partial charge in [0.15, 0.2) is 0 Å². The molecule has 1 aliphatic carbocycles. The third kappa shape index (κ3) is 2.49. The fourth-order valence-electron chi connectivity index (χ4n) is 2.75. The van der Waals surface area contributed by atoms with Crippen LogP contribution in [0, 0.1) is 0 Å². The molecule has 1 aliphatic heterocycles. The van der Waals surface area contributed by atoms with Gasteiger partial charge in [-0.2, -0.15) is 0 Å². The fourth-order valence-corrected chi connectivity index (χ4v) is 2.75. The number of hydrogen-bond donors (Lipinski definition) is 0. The van der Waals surface area contributed by atoms with Crippen LogP contribution in [0.5, 0.6) is 0 Å². The summed E-state index contributed by atoms with van der Waals surface area (Å²) in [5.41, 5.74) is 1.40. The molecule has 0 aromatic heterocycles. The normalized spacial score (nSPS) is 24.6. The van der Waals surface area contributed by atoms with Gasteiger partial charge in [0, 0.05) is 11.6 Å². The highest BCUT2D eigenvalue weighted by Crippen LogP contribution is 2.26. The number of hydrogen-bond acceptors (Lipinski definition) is 2. The second kappa shape index (κ2) is 5.53. The highest BCUT2D eigenvalue weighted by Gasteiger charge is 2.23. The Morgan fingerprint density at radius 2 is 1.81 bits per heavy atom. The minimum Gasteiger partial charge on any atom is -0.497 e. The largest absolute Gasteiger partial charge is 0.497 e. The maximum Gasteiger partial charge on any atom is 0.119 e. The molecule has 0 radical (unpaired) electrons. The first-order chi connectivity index (χ1) is 7.83. The van der Waals surface area contributed by atoms with Crippen LogP contribution in [0.15, 0.2) is 23.5 Å². The van der Waals surface area contributed by atoms with Crippen LogP contribution in [-0.4, -0.2) is 31.1 Å². The standard InChI is InChI=1S/C14H23NO/c1-12(15-10-6-3-7-11-15)13-8-4-5-9-14(13)16-2/h8-9,12H,3-7,10-11H2,1-2H3. The van der Waals surface area contributed by atoms with Gasteiger partial charge >= 0.3 is 0 Å². The molecule has 16 heavy (non-hydrogen) atoms. The molecule has 2 aliphatic rings. The topological polar surface area (TPSA) is 12.5 Å². The van der Waals surface area contributed by atoms with Gasteiger partial charge in [0.05, 0.1) is 7.11 Å². The lowest BCUT2D eigenvalue weighted by Gasteiger charge is -2.34. The van der Waals surface area contributed by atoms with Crippen molar-refractivity contribution in [3.8, 4) is 0 Å². The van der Waals surface area contributed by atoms with Crippen LogP contribution in [0.2, 0.25) is 0 Å². The Kier molecular flexibility index (Phi) is 4.05. The predicted octanol–water partition coefficient (Wildman–Crippen LogP) is 3.11. The number of rotatable bonds is 3. The van der Waals surface area contributed by atoms with Crippen molar-refractivity contribution in [3.63, 3.8) is 0 Å². The molecular weight excluding hydrogens is 198 g/mol.